The molecule has 0 bridgehead atoms. The van der Waals surface area contributed by atoms with E-state index in [2.05, 4.69) is 20.5 Å². The normalized spacial score (nSPS) is 10.5. The third-order valence-electron chi connectivity index (χ3n) is 2.45. The molecule has 0 aliphatic heterocycles. The van der Waals surface area contributed by atoms with Crippen LogP contribution in [0.1, 0.15) is 30.0 Å². The first kappa shape index (κ1) is 13.1. The fourth-order valence-corrected chi connectivity index (χ4v) is 1.62. The molecule has 1 aromatic heterocycles. The Balaban J connectivity index is 2.11. The van der Waals surface area contributed by atoms with Gasteiger partial charge in [-0.1, -0.05) is 0 Å². The second-order valence-electron chi connectivity index (χ2n) is 4.43. The van der Waals surface area contributed by atoms with Crippen LogP contribution in [0.25, 0.3) is 0 Å². The standard InChI is InChI=1S/C13H16N4O2/c1-8(2)19-10-4-5-11(9(3)6-10)16-13(18)12-14-7-15-17-12/h4-8H,1-3H3,(H,16,18)(H,14,15,17). The lowest BCUT2D eigenvalue weighted by atomic mass is 10.2. The number of anilines is 1. The molecule has 0 spiro atoms. The molecule has 2 aromatic rings. The molecular weight excluding hydrogens is 244 g/mol. The first-order valence-electron chi connectivity index (χ1n) is 6.00. The van der Waals surface area contributed by atoms with Crippen LogP contribution in [0, 0.1) is 6.92 Å². The highest BCUT2D eigenvalue weighted by molar-refractivity contribution is 6.01. The van der Waals surface area contributed by atoms with Crippen LogP contribution in [0.5, 0.6) is 5.75 Å². The minimum absolute atomic E-state index is 0.119. The molecule has 0 aliphatic carbocycles. The summed E-state index contributed by atoms with van der Waals surface area (Å²) < 4.78 is 5.59. The van der Waals surface area contributed by atoms with Crippen LogP contribution in [-0.2, 0) is 0 Å². The molecule has 0 saturated heterocycles. The summed E-state index contributed by atoms with van der Waals surface area (Å²) in [4.78, 5) is 15.6. The number of nitrogens with one attached hydrogen (secondary N) is 2. The molecule has 0 atom stereocenters. The summed E-state index contributed by atoms with van der Waals surface area (Å²) in [6.07, 6.45) is 1.41. The van der Waals surface area contributed by atoms with Crippen molar-refractivity contribution in [1.82, 2.24) is 15.2 Å². The zero-order valence-electron chi connectivity index (χ0n) is 11.1. The van der Waals surface area contributed by atoms with E-state index in [1.54, 1.807) is 6.07 Å². The van der Waals surface area contributed by atoms with E-state index in [1.807, 2.05) is 32.9 Å². The predicted molar refractivity (Wildman–Crippen MR) is 71.3 cm³/mol. The minimum atomic E-state index is -0.321. The number of ether oxygens (including phenoxy) is 1. The number of rotatable bonds is 4. The molecule has 1 amide bonds. The first-order chi connectivity index (χ1) is 9.06. The fraction of sp³-hybridized carbons (Fsp3) is 0.308. The molecule has 0 unspecified atom stereocenters. The zero-order valence-corrected chi connectivity index (χ0v) is 11.1. The Morgan fingerprint density at radius 3 is 2.79 bits per heavy atom. The lowest BCUT2D eigenvalue weighted by Gasteiger charge is -2.12. The van der Waals surface area contributed by atoms with Crippen molar-refractivity contribution < 1.29 is 9.53 Å². The van der Waals surface area contributed by atoms with E-state index in [-0.39, 0.29) is 17.8 Å². The quantitative estimate of drug-likeness (QED) is 0.882. The summed E-state index contributed by atoms with van der Waals surface area (Å²) in [6.45, 7) is 5.84. The van der Waals surface area contributed by atoms with E-state index >= 15 is 0 Å². The highest BCUT2D eigenvalue weighted by Gasteiger charge is 2.10. The lowest BCUT2D eigenvalue weighted by molar-refractivity contribution is 0.101. The number of H-pyrrole nitrogens is 1. The molecule has 6 heteroatoms. The number of hydrogen-bond acceptors (Lipinski definition) is 4. The maximum Gasteiger partial charge on any atom is 0.292 e. The Morgan fingerprint density at radius 1 is 1.42 bits per heavy atom. The number of carbonyl (C=O) groups excluding carboxylic acids is 1. The van der Waals surface area contributed by atoms with Gasteiger partial charge >= 0.3 is 0 Å². The number of aryl methyl sites for hydroxylation is 1. The van der Waals surface area contributed by atoms with Crippen molar-refractivity contribution in [1.29, 1.82) is 0 Å². The van der Waals surface area contributed by atoms with Crippen molar-refractivity contribution in [3.8, 4) is 5.75 Å². The van der Waals surface area contributed by atoms with E-state index in [9.17, 15) is 4.79 Å². The minimum Gasteiger partial charge on any atom is -0.491 e. The largest absolute Gasteiger partial charge is 0.491 e. The van der Waals surface area contributed by atoms with Crippen LogP contribution in [-0.4, -0.2) is 27.2 Å². The maximum atomic E-state index is 11.8. The number of carbonyl (C=O) groups is 1. The summed E-state index contributed by atoms with van der Waals surface area (Å²) in [5.74, 6) is 0.644. The Kier molecular flexibility index (Phi) is 3.79. The number of benzene rings is 1. The van der Waals surface area contributed by atoms with E-state index in [0.717, 1.165) is 17.0 Å². The highest BCUT2D eigenvalue weighted by atomic mass is 16.5. The topological polar surface area (TPSA) is 79.9 Å². The smallest absolute Gasteiger partial charge is 0.292 e. The summed E-state index contributed by atoms with van der Waals surface area (Å²) in [5.41, 5.74) is 1.64. The Labute approximate surface area is 111 Å². The lowest BCUT2D eigenvalue weighted by Crippen LogP contribution is -2.14. The molecule has 100 valence electrons. The van der Waals surface area contributed by atoms with Crippen LogP contribution in [0.4, 0.5) is 5.69 Å². The summed E-state index contributed by atoms with van der Waals surface area (Å²) >= 11 is 0. The average molecular weight is 260 g/mol. The van der Waals surface area contributed by atoms with E-state index in [4.69, 9.17) is 4.74 Å². The summed E-state index contributed by atoms with van der Waals surface area (Å²) in [7, 11) is 0. The van der Waals surface area contributed by atoms with Crippen LogP contribution >= 0.6 is 0 Å². The van der Waals surface area contributed by atoms with Crippen LogP contribution in [0.15, 0.2) is 24.5 Å². The SMILES string of the molecule is Cc1cc(OC(C)C)ccc1NC(=O)c1ncn[nH]1. The van der Waals surface area contributed by atoms with Crippen molar-refractivity contribution in [2.45, 2.75) is 26.9 Å². The monoisotopic (exact) mass is 260 g/mol. The van der Waals surface area contributed by atoms with Crippen molar-refractivity contribution in [2.75, 3.05) is 5.32 Å². The van der Waals surface area contributed by atoms with Crippen molar-refractivity contribution in [2.24, 2.45) is 0 Å². The van der Waals surface area contributed by atoms with Crippen molar-refractivity contribution >= 4 is 11.6 Å². The number of nitrogens with zero attached hydrogens (tertiary/aromatic N) is 2. The molecule has 0 radical (unpaired) electrons. The Hall–Kier alpha value is -2.37. The van der Waals surface area contributed by atoms with Crippen LogP contribution < -0.4 is 10.1 Å². The molecule has 1 heterocycles. The molecule has 6 nitrogen and oxygen atoms in total. The van der Waals surface area contributed by atoms with E-state index in [0.29, 0.717) is 0 Å². The first-order valence-corrected chi connectivity index (χ1v) is 6.00. The van der Waals surface area contributed by atoms with Crippen molar-refractivity contribution in [3.63, 3.8) is 0 Å². The predicted octanol–water partition coefficient (Wildman–Crippen LogP) is 2.15. The number of aromatic nitrogens is 3. The Bertz CT molecular complexity index is 564. The van der Waals surface area contributed by atoms with Gasteiger partial charge in [-0.05, 0) is 44.5 Å². The van der Waals surface area contributed by atoms with Crippen molar-refractivity contribution in [3.05, 3.63) is 35.9 Å². The third-order valence-corrected chi connectivity index (χ3v) is 2.45. The maximum absolute atomic E-state index is 11.8. The third kappa shape index (κ3) is 3.31. The van der Waals surface area contributed by atoms with Gasteiger partial charge in [0.25, 0.3) is 5.91 Å². The fourth-order valence-electron chi connectivity index (χ4n) is 1.62. The molecule has 19 heavy (non-hydrogen) atoms. The van der Waals surface area contributed by atoms with Crippen LogP contribution in [0.3, 0.4) is 0 Å². The average Bonchev–Trinajstić information content (AvgIpc) is 2.85. The van der Waals surface area contributed by atoms with E-state index in [1.165, 1.54) is 6.33 Å². The number of hydrogen-bond donors (Lipinski definition) is 2. The van der Waals surface area contributed by atoms with Gasteiger partial charge in [0, 0.05) is 5.69 Å². The second kappa shape index (κ2) is 5.51. The zero-order chi connectivity index (χ0) is 13.8. The van der Waals surface area contributed by atoms with Gasteiger partial charge in [0.2, 0.25) is 5.82 Å². The molecule has 1 aromatic carbocycles. The molecule has 2 rings (SSSR count). The van der Waals surface area contributed by atoms with E-state index < -0.39 is 0 Å². The van der Waals surface area contributed by atoms with Gasteiger partial charge < -0.3 is 10.1 Å². The van der Waals surface area contributed by atoms with Crippen LogP contribution in [0.2, 0.25) is 0 Å². The summed E-state index contributed by atoms with van der Waals surface area (Å²) in [5, 5.41) is 8.92. The molecule has 2 N–H and O–H groups in total. The molecule has 0 aliphatic rings. The second-order valence-corrected chi connectivity index (χ2v) is 4.43. The van der Waals surface area contributed by atoms with Gasteiger partial charge in [-0.2, -0.15) is 5.10 Å². The summed E-state index contributed by atoms with van der Waals surface area (Å²) in [6, 6.07) is 5.51. The van der Waals surface area contributed by atoms with Gasteiger partial charge in [0.1, 0.15) is 12.1 Å². The van der Waals surface area contributed by atoms with Gasteiger partial charge in [-0.15, -0.1) is 0 Å². The highest BCUT2D eigenvalue weighted by Crippen LogP contribution is 2.22. The Morgan fingerprint density at radius 2 is 2.21 bits per heavy atom. The number of aromatic amines is 1. The van der Waals surface area contributed by atoms with Gasteiger partial charge in [-0.25, -0.2) is 4.98 Å². The van der Waals surface area contributed by atoms with Gasteiger partial charge in [-0.3, -0.25) is 9.89 Å². The molecule has 0 saturated carbocycles. The van der Waals surface area contributed by atoms with Gasteiger partial charge in [0.15, 0.2) is 0 Å². The molecular formula is C13H16N4O2. The molecule has 0 fully saturated rings. The number of amides is 1. The van der Waals surface area contributed by atoms with Gasteiger partial charge in [0.05, 0.1) is 6.10 Å².